The summed E-state index contributed by atoms with van der Waals surface area (Å²) < 4.78 is 10.5. The van der Waals surface area contributed by atoms with Crippen molar-refractivity contribution in [1.82, 2.24) is 5.32 Å². The van der Waals surface area contributed by atoms with Crippen molar-refractivity contribution in [3.8, 4) is 5.75 Å². The Labute approximate surface area is 110 Å². The fraction of sp³-hybridized carbons (Fsp3) is 0.600. The van der Waals surface area contributed by atoms with Crippen LogP contribution in [0.2, 0.25) is 0 Å². The number of benzene rings is 1. The molecule has 0 saturated carbocycles. The average Bonchev–Trinajstić information content (AvgIpc) is 2.43. The second-order valence-corrected chi connectivity index (χ2v) is 4.51. The predicted octanol–water partition coefficient (Wildman–Crippen LogP) is 3.16. The number of ether oxygens (including phenoxy) is 2. The van der Waals surface area contributed by atoms with Gasteiger partial charge in [0.25, 0.3) is 0 Å². The van der Waals surface area contributed by atoms with Gasteiger partial charge in [0.2, 0.25) is 0 Å². The van der Waals surface area contributed by atoms with Crippen LogP contribution in [0.25, 0.3) is 0 Å². The molecule has 0 aliphatic carbocycles. The van der Waals surface area contributed by atoms with Crippen molar-refractivity contribution in [2.75, 3.05) is 20.8 Å². The third-order valence-corrected chi connectivity index (χ3v) is 3.23. The molecule has 1 N–H and O–H groups in total. The van der Waals surface area contributed by atoms with Gasteiger partial charge >= 0.3 is 0 Å². The first-order valence-electron chi connectivity index (χ1n) is 6.61. The Morgan fingerprint density at radius 2 is 1.78 bits per heavy atom. The highest BCUT2D eigenvalue weighted by atomic mass is 16.5. The summed E-state index contributed by atoms with van der Waals surface area (Å²) in [6.07, 6.45) is 2.44. The van der Waals surface area contributed by atoms with E-state index in [0.29, 0.717) is 12.1 Å². The number of rotatable bonds is 8. The largest absolute Gasteiger partial charge is 0.497 e. The molecule has 102 valence electrons. The molecule has 0 radical (unpaired) electrons. The van der Waals surface area contributed by atoms with E-state index in [1.807, 2.05) is 12.1 Å². The minimum Gasteiger partial charge on any atom is -0.497 e. The first-order chi connectivity index (χ1) is 8.71. The lowest BCUT2D eigenvalue weighted by molar-refractivity contribution is 0.106. The first kappa shape index (κ1) is 15.0. The zero-order valence-electron chi connectivity index (χ0n) is 11.9. The van der Waals surface area contributed by atoms with Crippen LogP contribution in [-0.2, 0) is 4.74 Å². The Morgan fingerprint density at radius 3 is 2.28 bits per heavy atom. The molecule has 0 saturated heterocycles. The van der Waals surface area contributed by atoms with E-state index in [2.05, 4.69) is 31.3 Å². The Morgan fingerprint density at radius 1 is 1.11 bits per heavy atom. The molecule has 0 aliphatic heterocycles. The van der Waals surface area contributed by atoms with Gasteiger partial charge in [-0.15, -0.1) is 0 Å². The molecule has 2 atom stereocenters. The van der Waals surface area contributed by atoms with E-state index in [1.165, 1.54) is 5.56 Å². The average molecular weight is 251 g/mol. The summed E-state index contributed by atoms with van der Waals surface area (Å²) in [7, 11) is 3.46. The highest BCUT2D eigenvalue weighted by Crippen LogP contribution is 2.22. The molecule has 0 bridgehead atoms. The molecule has 1 aromatic carbocycles. The first-order valence-corrected chi connectivity index (χ1v) is 6.61. The molecule has 0 amide bonds. The van der Waals surface area contributed by atoms with Crippen molar-refractivity contribution in [3.63, 3.8) is 0 Å². The van der Waals surface area contributed by atoms with E-state index in [1.54, 1.807) is 14.2 Å². The molecular weight excluding hydrogens is 226 g/mol. The summed E-state index contributed by atoms with van der Waals surface area (Å²) in [6.45, 7) is 5.21. The Kier molecular flexibility index (Phi) is 6.76. The summed E-state index contributed by atoms with van der Waals surface area (Å²) in [5, 5.41) is 3.52. The van der Waals surface area contributed by atoms with Gasteiger partial charge in [-0.1, -0.05) is 19.1 Å². The second kappa shape index (κ2) is 8.11. The lowest BCUT2D eigenvalue weighted by Crippen LogP contribution is -2.22. The standard InChI is InChI=1S/C15H25NO2/c1-5-16-15(11-6-12(2)17-3)13-7-9-14(18-4)10-8-13/h7-10,12,15-16H,5-6,11H2,1-4H3. The predicted molar refractivity (Wildman–Crippen MR) is 75.1 cm³/mol. The van der Waals surface area contributed by atoms with Crippen LogP contribution in [0.1, 0.15) is 38.3 Å². The van der Waals surface area contributed by atoms with E-state index in [4.69, 9.17) is 9.47 Å². The molecule has 1 aromatic rings. The highest BCUT2D eigenvalue weighted by Gasteiger charge is 2.12. The van der Waals surface area contributed by atoms with Crippen molar-refractivity contribution in [1.29, 1.82) is 0 Å². The molecule has 0 fully saturated rings. The monoisotopic (exact) mass is 251 g/mol. The van der Waals surface area contributed by atoms with E-state index in [9.17, 15) is 0 Å². The lowest BCUT2D eigenvalue weighted by atomic mass is 10.0. The van der Waals surface area contributed by atoms with E-state index >= 15 is 0 Å². The highest BCUT2D eigenvalue weighted by molar-refractivity contribution is 5.29. The SMILES string of the molecule is CCNC(CCC(C)OC)c1ccc(OC)cc1. The normalized spacial score (nSPS) is 14.2. The van der Waals surface area contributed by atoms with Crippen LogP contribution in [0.3, 0.4) is 0 Å². The lowest BCUT2D eigenvalue weighted by Gasteiger charge is -2.20. The van der Waals surface area contributed by atoms with Gasteiger partial charge in [0.1, 0.15) is 5.75 Å². The molecular formula is C15H25NO2. The quantitative estimate of drug-likeness (QED) is 0.770. The molecule has 0 aromatic heterocycles. The van der Waals surface area contributed by atoms with Crippen LogP contribution < -0.4 is 10.1 Å². The fourth-order valence-corrected chi connectivity index (χ4v) is 1.99. The second-order valence-electron chi connectivity index (χ2n) is 4.51. The minimum absolute atomic E-state index is 0.310. The Hall–Kier alpha value is -1.06. The molecule has 0 aliphatic rings. The maximum Gasteiger partial charge on any atom is 0.118 e. The summed E-state index contributed by atoms with van der Waals surface area (Å²) in [5.41, 5.74) is 1.31. The third kappa shape index (κ3) is 4.67. The van der Waals surface area contributed by atoms with Gasteiger partial charge in [-0.05, 0) is 44.0 Å². The van der Waals surface area contributed by atoms with Gasteiger partial charge < -0.3 is 14.8 Å². The molecule has 0 spiro atoms. The van der Waals surface area contributed by atoms with Crippen molar-refractivity contribution < 1.29 is 9.47 Å². The van der Waals surface area contributed by atoms with E-state index < -0.39 is 0 Å². The van der Waals surface area contributed by atoms with Crippen molar-refractivity contribution in [2.45, 2.75) is 38.8 Å². The van der Waals surface area contributed by atoms with Crippen LogP contribution in [0.4, 0.5) is 0 Å². The molecule has 0 heterocycles. The number of nitrogens with one attached hydrogen (secondary N) is 1. The summed E-state index contributed by atoms with van der Waals surface area (Å²) in [6, 6.07) is 8.67. The van der Waals surface area contributed by atoms with Crippen LogP contribution in [-0.4, -0.2) is 26.9 Å². The van der Waals surface area contributed by atoms with Gasteiger partial charge in [-0.25, -0.2) is 0 Å². The summed E-state index contributed by atoms with van der Waals surface area (Å²) in [5.74, 6) is 0.902. The van der Waals surface area contributed by atoms with Gasteiger partial charge in [0.15, 0.2) is 0 Å². The van der Waals surface area contributed by atoms with Crippen LogP contribution in [0.15, 0.2) is 24.3 Å². The molecule has 3 heteroatoms. The van der Waals surface area contributed by atoms with Crippen LogP contribution in [0, 0.1) is 0 Å². The topological polar surface area (TPSA) is 30.5 Å². The molecule has 18 heavy (non-hydrogen) atoms. The van der Waals surface area contributed by atoms with Gasteiger partial charge in [-0.2, -0.15) is 0 Å². The van der Waals surface area contributed by atoms with Crippen molar-refractivity contribution in [2.24, 2.45) is 0 Å². The zero-order valence-corrected chi connectivity index (χ0v) is 11.9. The third-order valence-electron chi connectivity index (χ3n) is 3.23. The van der Waals surface area contributed by atoms with Crippen molar-refractivity contribution >= 4 is 0 Å². The van der Waals surface area contributed by atoms with E-state index in [0.717, 1.165) is 25.1 Å². The number of hydrogen-bond donors (Lipinski definition) is 1. The van der Waals surface area contributed by atoms with Gasteiger partial charge in [0.05, 0.1) is 13.2 Å². The molecule has 2 unspecified atom stereocenters. The maximum absolute atomic E-state index is 5.30. The van der Waals surface area contributed by atoms with E-state index in [-0.39, 0.29) is 0 Å². The van der Waals surface area contributed by atoms with Gasteiger partial charge in [-0.3, -0.25) is 0 Å². The minimum atomic E-state index is 0.310. The molecule has 1 rings (SSSR count). The van der Waals surface area contributed by atoms with Crippen molar-refractivity contribution in [3.05, 3.63) is 29.8 Å². The van der Waals surface area contributed by atoms with Crippen LogP contribution in [0.5, 0.6) is 5.75 Å². The maximum atomic E-state index is 5.30. The number of methoxy groups -OCH3 is 2. The van der Waals surface area contributed by atoms with Crippen LogP contribution >= 0.6 is 0 Å². The van der Waals surface area contributed by atoms with Gasteiger partial charge in [0, 0.05) is 13.2 Å². The summed E-state index contributed by atoms with van der Waals surface area (Å²) in [4.78, 5) is 0. The number of hydrogen-bond acceptors (Lipinski definition) is 3. The summed E-state index contributed by atoms with van der Waals surface area (Å²) >= 11 is 0. The fourth-order valence-electron chi connectivity index (χ4n) is 1.99. The zero-order chi connectivity index (χ0) is 13.4. The Balaban J connectivity index is 2.64. The Bertz CT molecular complexity index is 324. The smallest absolute Gasteiger partial charge is 0.118 e. The molecule has 3 nitrogen and oxygen atoms in total.